The third-order valence-electron chi connectivity index (χ3n) is 7.58. The Hall–Kier alpha value is -3.21. The molecule has 0 aromatic heterocycles. The molecule has 0 heterocycles. The van der Waals surface area contributed by atoms with E-state index in [1.807, 2.05) is 61.5 Å². The molecule has 0 saturated heterocycles. The van der Waals surface area contributed by atoms with Crippen LogP contribution in [0.4, 0.5) is 5.69 Å². The number of rotatable bonds is 10. The number of aliphatic imine (C=N–C) groups is 1. The predicted molar refractivity (Wildman–Crippen MR) is 173 cm³/mol. The molecule has 4 aromatic carbocycles. The van der Waals surface area contributed by atoms with Crippen LogP contribution < -0.4 is 15.4 Å². The number of halogens is 1. The van der Waals surface area contributed by atoms with Crippen molar-refractivity contribution in [3.05, 3.63) is 120 Å². The minimum absolute atomic E-state index is 0.0996. The van der Waals surface area contributed by atoms with Crippen LogP contribution in [0, 0.1) is 6.92 Å². The Morgan fingerprint density at radius 3 is 2.15 bits per heavy atom. The molecule has 0 amide bonds. The van der Waals surface area contributed by atoms with E-state index in [4.69, 9.17) is 26.3 Å². The van der Waals surface area contributed by atoms with E-state index in [-0.39, 0.29) is 24.4 Å². The first-order valence-corrected chi connectivity index (χ1v) is 16.5. The summed E-state index contributed by atoms with van der Waals surface area (Å²) in [7, 11) is -2.36. The van der Waals surface area contributed by atoms with Crippen LogP contribution in [0.3, 0.4) is 0 Å². The Balaban J connectivity index is 1.45. The van der Waals surface area contributed by atoms with Crippen LogP contribution in [0.25, 0.3) is 0 Å². The summed E-state index contributed by atoms with van der Waals surface area (Å²) in [6.07, 6.45) is 6.47. The average Bonchev–Trinajstić information content (AvgIpc) is 3.02. The van der Waals surface area contributed by atoms with Crippen LogP contribution in [0.15, 0.2) is 113 Å². The van der Waals surface area contributed by atoms with E-state index in [1.165, 1.54) is 0 Å². The van der Waals surface area contributed by atoms with Crippen LogP contribution in [0.5, 0.6) is 5.75 Å². The van der Waals surface area contributed by atoms with Gasteiger partial charge in [0.1, 0.15) is 5.75 Å². The molecule has 5 rings (SSSR count). The number of hydrogen-bond donors (Lipinski definition) is 2. The number of phenols is 1. The maximum absolute atomic E-state index is 11.2. The zero-order chi connectivity index (χ0) is 28.5. The van der Waals surface area contributed by atoms with Crippen molar-refractivity contribution >= 4 is 41.3 Å². The highest BCUT2D eigenvalue weighted by atomic mass is 35.5. The first-order chi connectivity index (χ1) is 20.1. The molecule has 41 heavy (non-hydrogen) atoms. The molecule has 0 spiro atoms. The third-order valence-corrected chi connectivity index (χ3v) is 11.3. The molecule has 1 saturated carbocycles. The van der Waals surface area contributed by atoms with Gasteiger partial charge in [-0.1, -0.05) is 97.8 Å². The molecule has 2 unspecified atom stereocenters. The van der Waals surface area contributed by atoms with Gasteiger partial charge in [0.15, 0.2) is 0 Å². The second-order valence-electron chi connectivity index (χ2n) is 10.6. The Bertz CT molecular complexity index is 1450. The molecular weight excluding hydrogens is 549 g/mol. The molecular formula is C34H37ClN3O2P. The van der Waals surface area contributed by atoms with Crippen molar-refractivity contribution in [2.75, 3.05) is 6.35 Å². The number of ether oxygens (including phenoxy) is 1. The standard InChI is InChI=1S/C34H37ClN3O2P/c1-26-21-27(23-36-32-19-11-12-20-33(32)37-35)34(39)28(22-26)24-40-25-41(30-15-7-3-8-16-30,31-17-9-4-10-18-31)38-29-13-5-2-6-14-29/h2-10,13-18,21-23,32-33,37,39H,11-12,19-20,24-25H2,1H3. The average molecular weight is 586 g/mol. The van der Waals surface area contributed by atoms with E-state index in [9.17, 15) is 5.11 Å². The summed E-state index contributed by atoms with van der Waals surface area (Å²) in [5.41, 5.74) is 3.39. The van der Waals surface area contributed by atoms with Gasteiger partial charge in [0.05, 0.1) is 31.7 Å². The maximum atomic E-state index is 11.2. The highest BCUT2D eigenvalue weighted by Crippen LogP contribution is 2.50. The second-order valence-corrected chi connectivity index (χ2v) is 13.8. The lowest BCUT2D eigenvalue weighted by molar-refractivity contribution is 0.163. The summed E-state index contributed by atoms with van der Waals surface area (Å²) in [6.45, 7) is 2.29. The fourth-order valence-corrected chi connectivity index (χ4v) is 8.81. The molecule has 0 bridgehead atoms. The number of nitrogens with one attached hydrogen (secondary N) is 1. The van der Waals surface area contributed by atoms with Gasteiger partial charge in [-0.05, 0) is 65.9 Å². The van der Waals surface area contributed by atoms with Crippen LogP contribution in [0.1, 0.15) is 42.4 Å². The SMILES string of the molecule is Cc1cc(C=NC2CCCCC2NCl)c(O)c(COCP(=Nc2ccccc2)(c2ccccc2)c2ccccc2)c1. The fourth-order valence-electron chi connectivity index (χ4n) is 5.46. The number of hydrogen-bond acceptors (Lipinski definition) is 5. The summed E-state index contributed by atoms with van der Waals surface area (Å²) >= 11 is 5.98. The minimum Gasteiger partial charge on any atom is -0.507 e. The van der Waals surface area contributed by atoms with E-state index >= 15 is 0 Å². The highest BCUT2D eigenvalue weighted by Gasteiger charge is 2.26. The predicted octanol–water partition coefficient (Wildman–Crippen LogP) is 7.83. The smallest absolute Gasteiger partial charge is 0.129 e. The van der Waals surface area contributed by atoms with Crippen LogP contribution >= 0.6 is 18.8 Å². The van der Waals surface area contributed by atoms with Crippen molar-refractivity contribution in [1.82, 2.24) is 4.84 Å². The van der Waals surface area contributed by atoms with Gasteiger partial charge in [0.25, 0.3) is 0 Å². The van der Waals surface area contributed by atoms with Gasteiger partial charge >= 0.3 is 0 Å². The summed E-state index contributed by atoms with van der Waals surface area (Å²) in [5, 5.41) is 13.5. The van der Waals surface area contributed by atoms with Crippen molar-refractivity contribution in [3.63, 3.8) is 0 Å². The monoisotopic (exact) mass is 585 g/mol. The first kappa shape index (κ1) is 29.3. The van der Waals surface area contributed by atoms with Crippen molar-refractivity contribution in [3.8, 4) is 5.75 Å². The van der Waals surface area contributed by atoms with Crippen molar-refractivity contribution < 1.29 is 9.84 Å². The summed E-state index contributed by atoms with van der Waals surface area (Å²) in [5.74, 6) is 0.203. The molecule has 212 valence electrons. The van der Waals surface area contributed by atoms with E-state index in [2.05, 4.69) is 53.4 Å². The molecule has 1 aliphatic rings. The first-order valence-electron chi connectivity index (χ1n) is 14.2. The Labute approximate surface area is 248 Å². The Morgan fingerprint density at radius 2 is 1.51 bits per heavy atom. The number of benzene rings is 4. The van der Waals surface area contributed by atoms with E-state index in [0.717, 1.165) is 53.1 Å². The van der Waals surface area contributed by atoms with Gasteiger partial charge in [-0.15, -0.1) is 0 Å². The third kappa shape index (κ3) is 7.17. The quantitative estimate of drug-likeness (QED) is 0.113. The van der Waals surface area contributed by atoms with Gasteiger partial charge in [-0.25, -0.2) is 4.84 Å². The van der Waals surface area contributed by atoms with E-state index in [1.54, 1.807) is 6.21 Å². The molecule has 5 nitrogen and oxygen atoms in total. The highest BCUT2D eigenvalue weighted by molar-refractivity contribution is 7.80. The molecule has 0 radical (unpaired) electrons. The van der Waals surface area contributed by atoms with Gasteiger partial charge in [0, 0.05) is 23.4 Å². The zero-order valence-electron chi connectivity index (χ0n) is 23.4. The molecule has 4 aromatic rings. The molecule has 2 N–H and O–H groups in total. The van der Waals surface area contributed by atoms with Gasteiger partial charge < -0.3 is 9.84 Å². The fraction of sp³-hybridized carbons (Fsp3) is 0.265. The Kier molecular flexibility index (Phi) is 10.1. The summed E-state index contributed by atoms with van der Waals surface area (Å²) < 4.78 is 11.9. The Morgan fingerprint density at radius 1 is 0.902 bits per heavy atom. The number of nitrogens with zero attached hydrogens (tertiary/aromatic N) is 2. The minimum atomic E-state index is -2.36. The lowest BCUT2D eigenvalue weighted by atomic mass is 9.91. The maximum Gasteiger partial charge on any atom is 0.129 e. The topological polar surface area (TPSA) is 66.2 Å². The molecule has 1 aliphatic carbocycles. The van der Waals surface area contributed by atoms with Crippen molar-refractivity contribution in [2.45, 2.75) is 51.3 Å². The molecule has 0 aliphatic heterocycles. The molecule has 7 heteroatoms. The van der Waals surface area contributed by atoms with Crippen molar-refractivity contribution in [1.29, 1.82) is 0 Å². The summed E-state index contributed by atoms with van der Waals surface area (Å²) in [6, 6.07) is 35.1. The molecule has 2 atom stereocenters. The van der Waals surface area contributed by atoms with Gasteiger partial charge in [-0.2, -0.15) is 0 Å². The summed E-state index contributed by atoms with van der Waals surface area (Å²) in [4.78, 5) is 7.70. The number of aryl methyl sites for hydroxylation is 1. The number of phenolic OH excluding ortho intramolecular Hbond substituents is 1. The number of aromatic hydroxyl groups is 1. The van der Waals surface area contributed by atoms with E-state index < -0.39 is 7.05 Å². The van der Waals surface area contributed by atoms with Gasteiger partial charge in [-0.3, -0.25) is 9.74 Å². The van der Waals surface area contributed by atoms with E-state index in [0.29, 0.717) is 11.9 Å². The van der Waals surface area contributed by atoms with Crippen LogP contribution in [-0.2, 0) is 11.3 Å². The van der Waals surface area contributed by atoms with Crippen LogP contribution in [0.2, 0.25) is 0 Å². The largest absolute Gasteiger partial charge is 0.507 e. The lowest BCUT2D eigenvalue weighted by Crippen LogP contribution is -2.36. The second kappa shape index (κ2) is 14.1. The van der Waals surface area contributed by atoms with Crippen molar-refractivity contribution in [2.24, 2.45) is 9.74 Å². The van der Waals surface area contributed by atoms with Crippen LogP contribution in [-0.4, -0.2) is 29.8 Å². The molecule has 1 fully saturated rings. The zero-order valence-corrected chi connectivity index (χ0v) is 25.0. The van der Waals surface area contributed by atoms with Gasteiger partial charge in [0.2, 0.25) is 0 Å². The lowest BCUT2D eigenvalue weighted by Gasteiger charge is -2.27. The normalized spacial score (nSPS) is 17.5.